The normalized spacial score (nSPS) is 15.0. The van der Waals surface area contributed by atoms with Gasteiger partial charge in [0.15, 0.2) is 5.82 Å². The Morgan fingerprint density at radius 3 is 2.55 bits per heavy atom. The van der Waals surface area contributed by atoms with E-state index in [0.29, 0.717) is 54.8 Å². The molecule has 0 aliphatic carbocycles. The second kappa shape index (κ2) is 9.13. The average Bonchev–Trinajstić information content (AvgIpc) is 2.78. The summed E-state index contributed by atoms with van der Waals surface area (Å²) in [5, 5.41) is 10.6. The van der Waals surface area contributed by atoms with E-state index in [-0.39, 0.29) is 29.2 Å². The molecule has 10 heteroatoms. The van der Waals surface area contributed by atoms with Gasteiger partial charge in [0.1, 0.15) is 17.3 Å². The maximum atomic E-state index is 12.8. The first-order valence-electron chi connectivity index (χ1n) is 10.5. The summed E-state index contributed by atoms with van der Waals surface area (Å²) in [4.78, 5) is 23.1. The Bertz CT molecular complexity index is 1160. The molecule has 0 unspecified atom stereocenters. The molecule has 174 valence electrons. The lowest BCUT2D eigenvalue weighted by Gasteiger charge is -2.32. The van der Waals surface area contributed by atoms with Gasteiger partial charge < -0.3 is 19.5 Å². The molecule has 0 bridgehead atoms. The van der Waals surface area contributed by atoms with E-state index in [0.717, 1.165) is 0 Å². The highest BCUT2D eigenvalue weighted by molar-refractivity contribution is 5.92. The van der Waals surface area contributed by atoms with Crippen molar-refractivity contribution >= 4 is 22.7 Å². The van der Waals surface area contributed by atoms with Crippen LogP contribution in [0.1, 0.15) is 19.8 Å². The maximum Gasteiger partial charge on any atom is 0.573 e. The predicted octanol–water partition coefficient (Wildman–Crippen LogP) is 4.68. The summed E-state index contributed by atoms with van der Waals surface area (Å²) in [5.41, 5.74) is 0.804. The van der Waals surface area contributed by atoms with Gasteiger partial charge in [-0.2, -0.15) is 0 Å². The molecule has 1 saturated heterocycles. The van der Waals surface area contributed by atoms with Crippen molar-refractivity contribution in [1.82, 2.24) is 9.97 Å². The number of anilines is 1. The molecule has 1 aliphatic rings. The number of phenolic OH excluding ortho intramolecular Hbond substituents is 1. The van der Waals surface area contributed by atoms with Gasteiger partial charge in [0, 0.05) is 18.5 Å². The summed E-state index contributed by atoms with van der Waals surface area (Å²) in [5.74, 6) is -0.227. The van der Waals surface area contributed by atoms with Crippen LogP contribution in [0.5, 0.6) is 11.5 Å². The number of fused-ring (bicyclic) bond motifs is 1. The van der Waals surface area contributed by atoms with Gasteiger partial charge in [0.2, 0.25) is 0 Å². The number of nitrogens with zero attached hydrogens (tertiary/aromatic N) is 3. The number of esters is 1. The van der Waals surface area contributed by atoms with E-state index < -0.39 is 6.36 Å². The Morgan fingerprint density at radius 2 is 1.88 bits per heavy atom. The van der Waals surface area contributed by atoms with E-state index in [2.05, 4.69) is 14.7 Å². The minimum atomic E-state index is -4.83. The molecule has 0 spiro atoms. The predicted molar refractivity (Wildman–Crippen MR) is 115 cm³/mol. The number of aromatic nitrogens is 2. The number of halogens is 3. The molecule has 0 amide bonds. The molecule has 0 atom stereocenters. The molecule has 2 aromatic carbocycles. The standard InChI is InChI=1S/C23H22F3N3O4/c1-2-32-22(31)14-9-11-29(12-10-14)21-17-13-15(33-23(24,25)26)7-8-18(17)27-20(28-21)16-5-3-4-6-19(16)30/h3-8,13-14,30H,2,9-12H2,1H3. The fourth-order valence-corrected chi connectivity index (χ4v) is 3.90. The molecule has 1 fully saturated rings. The van der Waals surface area contributed by atoms with Gasteiger partial charge in [-0.25, -0.2) is 9.97 Å². The van der Waals surface area contributed by atoms with Gasteiger partial charge in [0.25, 0.3) is 0 Å². The van der Waals surface area contributed by atoms with Gasteiger partial charge in [0.05, 0.1) is 23.6 Å². The van der Waals surface area contributed by atoms with Crippen LogP contribution >= 0.6 is 0 Å². The fourth-order valence-electron chi connectivity index (χ4n) is 3.90. The molecule has 1 aliphatic heterocycles. The van der Waals surface area contributed by atoms with Crippen molar-refractivity contribution in [3.8, 4) is 22.9 Å². The number of phenols is 1. The molecular formula is C23H22F3N3O4. The Hall–Kier alpha value is -3.56. The zero-order valence-electron chi connectivity index (χ0n) is 17.8. The summed E-state index contributed by atoms with van der Waals surface area (Å²) in [6.45, 7) is 2.98. The van der Waals surface area contributed by atoms with Crippen molar-refractivity contribution in [2.45, 2.75) is 26.1 Å². The number of carbonyl (C=O) groups is 1. The number of piperidine rings is 1. The van der Waals surface area contributed by atoms with Crippen molar-refractivity contribution in [3.63, 3.8) is 0 Å². The van der Waals surface area contributed by atoms with E-state index in [1.807, 2.05) is 4.90 Å². The van der Waals surface area contributed by atoms with Crippen LogP contribution in [0.25, 0.3) is 22.3 Å². The largest absolute Gasteiger partial charge is 0.573 e. The smallest absolute Gasteiger partial charge is 0.507 e. The Morgan fingerprint density at radius 1 is 1.15 bits per heavy atom. The summed E-state index contributed by atoms with van der Waals surface area (Å²) in [6.07, 6.45) is -3.79. The fraction of sp³-hybridized carbons (Fsp3) is 0.348. The molecule has 1 N–H and O–H groups in total. The third-order valence-electron chi connectivity index (χ3n) is 5.44. The summed E-state index contributed by atoms with van der Waals surface area (Å²) in [6, 6.07) is 10.4. The minimum Gasteiger partial charge on any atom is -0.507 e. The Balaban J connectivity index is 1.75. The van der Waals surface area contributed by atoms with Crippen LogP contribution in [0.3, 0.4) is 0 Å². The van der Waals surface area contributed by atoms with Crippen LogP contribution in [-0.4, -0.2) is 47.1 Å². The topological polar surface area (TPSA) is 84.8 Å². The number of hydrogen-bond donors (Lipinski definition) is 1. The van der Waals surface area contributed by atoms with Crippen LogP contribution in [0, 0.1) is 5.92 Å². The zero-order chi connectivity index (χ0) is 23.6. The molecule has 4 rings (SSSR count). The first-order chi connectivity index (χ1) is 15.7. The van der Waals surface area contributed by atoms with Crippen molar-refractivity contribution < 1.29 is 32.5 Å². The number of rotatable bonds is 5. The summed E-state index contributed by atoms with van der Waals surface area (Å²) >= 11 is 0. The third kappa shape index (κ3) is 5.10. The first-order valence-corrected chi connectivity index (χ1v) is 10.5. The van der Waals surface area contributed by atoms with E-state index in [1.165, 1.54) is 24.3 Å². The molecule has 0 saturated carbocycles. The number of para-hydroxylation sites is 1. The lowest BCUT2D eigenvalue weighted by molar-refractivity contribution is -0.274. The van der Waals surface area contributed by atoms with Gasteiger partial charge in [-0.3, -0.25) is 4.79 Å². The van der Waals surface area contributed by atoms with Crippen LogP contribution < -0.4 is 9.64 Å². The number of ether oxygens (including phenoxy) is 2. The number of alkyl halides is 3. The number of benzene rings is 2. The van der Waals surface area contributed by atoms with Crippen LogP contribution in [0.2, 0.25) is 0 Å². The maximum absolute atomic E-state index is 12.8. The zero-order valence-corrected chi connectivity index (χ0v) is 17.8. The summed E-state index contributed by atoms with van der Waals surface area (Å²) in [7, 11) is 0. The Kier molecular flexibility index (Phi) is 6.26. The lowest BCUT2D eigenvalue weighted by Crippen LogP contribution is -2.37. The van der Waals surface area contributed by atoms with Crippen LogP contribution in [0.15, 0.2) is 42.5 Å². The van der Waals surface area contributed by atoms with E-state index in [1.54, 1.807) is 25.1 Å². The average molecular weight is 461 g/mol. The highest BCUT2D eigenvalue weighted by Crippen LogP contribution is 2.35. The number of aromatic hydroxyl groups is 1. The van der Waals surface area contributed by atoms with Gasteiger partial charge in [-0.1, -0.05) is 12.1 Å². The van der Waals surface area contributed by atoms with Gasteiger partial charge in [-0.15, -0.1) is 13.2 Å². The third-order valence-corrected chi connectivity index (χ3v) is 5.44. The molecule has 7 nitrogen and oxygen atoms in total. The molecular weight excluding hydrogens is 439 g/mol. The minimum absolute atomic E-state index is 0.0131. The van der Waals surface area contributed by atoms with E-state index in [4.69, 9.17) is 4.74 Å². The molecule has 33 heavy (non-hydrogen) atoms. The quantitative estimate of drug-likeness (QED) is 0.552. The Labute approximate surface area is 187 Å². The summed E-state index contributed by atoms with van der Waals surface area (Å²) < 4.78 is 47.5. The first kappa shape index (κ1) is 22.6. The van der Waals surface area contributed by atoms with Crippen molar-refractivity contribution in [2.75, 3.05) is 24.6 Å². The van der Waals surface area contributed by atoms with Gasteiger partial charge >= 0.3 is 12.3 Å². The lowest BCUT2D eigenvalue weighted by atomic mass is 9.96. The van der Waals surface area contributed by atoms with Gasteiger partial charge in [-0.05, 0) is 50.1 Å². The van der Waals surface area contributed by atoms with Crippen LogP contribution in [-0.2, 0) is 9.53 Å². The van der Waals surface area contributed by atoms with Crippen molar-refractivity contribution in [1.29, 1.82) is 0 Å². The SMILES string of the molecule is CCOC(=O)C1CCN(c2nc(-c3ccccc3O)nc3ccc(OC(F)(F)F)cc23)CC1. The highest BCUT2D eigenvalue weighted by Gasteiger charge is 2.32. The second-order valence-corrected chi connectivity index (χ2v) is 7.63. The van der Waals surface area contributed by atoms with E-state index in [9.17, 15) is 23.1 Å². The monoisotopic (exact) mass is 461 g/mol. The molecule has 1 aromatic heterocycles. The number of hydrogen-bond acceptors (Lipinski definition) is 7. The molecule has 0 radical (unpaired) electrons. The highest BCUT2D eigenvalue weighted by atomic mass is 19.4. The second-order valence-electron chi connectivity index (χ2n) is 7.63. The molecule has 3 aromatic rings. The molecule has 2 heterocycles. The van der Waals surface area contributed by atoms with Crippen molar-refractivity contribution in [3.05, 3.63) is 42.5 Å². The van der Waals surface area contributed by atoms with E-state index >= 15 is 0 Å². The van der Waals surface area contributed by atoms with Crippen LogP contribution in [0.4, 0.5) is 19.0 Å². The number of carbonyl (C=O) groups excluding carboxylic acids is 1. The van der Waals surface area contributed by atoms with Crippen molar-refractivity contribution in [2.24, 2.45) is 5.92 Å².